The summed E-state index contributed by atoms with van der Waals surface area (Å²) in [5, 5.41) is 2.91. The molecule has 1 atom stereocenters. The summed E-state index contributed by atoms with van der Waals surface area (Å²) >= 11 is 6.66. The molecule has 0 aliphatic carbocycles. The number of carbonyl (C=O) groups is 1. The van der Waals surface area contributed by atoms with Gasteiger partial charge >= 0.3 is 0 Å². The van der Waals surface area contributed by atoms with Gasteiger partial charge in [-0.25, -0.2) is 0 Å². The lowest BCUT2D eigenvalue weighted by Crippen LogP contribution is -2.48. The van der Waals surface area contributed by atoms with Crippen LogP contribution in [-0.2, 0) is 4.79 Å². The van der Waals surface area contributed by atoms with Crippen LogP contribution in [0.3, 0.4) is 0 Å². The Bertz CT molecular complexity index is 242. The number of carbonyl (C=O) groups excluding carboxylic acids is 1. The fourth-order valence-electron chi connectivity index (χ4n) is 0.852. The number of hydrogen-bond donors (Lipinski definition) is 2. The minimum Gasteiger partial charge on any atom is -0.392 e. The van der Waals surface area contributed by atoms with Gasteiger partial charge in [-0.2, -0.15) is 11.8 Å². The van der Waals surface area contributed by atoms with E-state index >= 15 is 0 Å². The normalized spacial score (nSPS) is 13.3. The lowest BCUT2D eigenvalue weighted by Gasteiger charge is -2.24. The Hall–Kier alpha value is -0.290. The zero-order valence-corrected chi connectivity index (χ0v) is 11.4. The number of amides is 1. The van der Waals surface area contributed by atoms with Gasteiger partial charge in [0.1, 0.15) is 0 Å². The summed E-state index contributed by atoms with van der Waals surface area (Å²) in [5.41, 5.74) is 4.75. The van der Waals surface area contributed by atoms with E-state index in [9.17, 15) is 4.79 Å². The molecule has 0 spiro atoms. The van der Waals surface area contributed by atoms with Crippen LogP contribution in [0.15, 0.2) is 0 Å². The minimum atomic E-state index is -0.763. The van der Waals surface area contributed by atoms with Gasteiger partial charge in [0.15, 0.2) is 0 Å². The third-order valence-electron chi connectivity index (χ3n) is 2.13. The summed E-state index contributed by atoms with van der Waals surface area (Å²) in [6.45, 7) is 7.56. The van der Waals surface area contributed by atoms with Crippen molar-refractivity contribution in [2.75, 3.05) is 11.5 Å². The number of hydrogen-bond acceptors (Lipinski definition) is 3. The Morgan fingerprint density at radius 2 is 2.13 bits per heavy atom. The Balaban J connectivity index is 4.18. The Morgan fingerprint density at radius 3 is 2.53 bits per heavy atom. The second-order valence-corrected chi connectivity index (χ2v) is 5.78. The maximum absolute atomic E-state index is 11.8. The molecule has 0 radical (unpaired) electrons. The fraction of sp³-hybridized carbons (Fsp3) is 0.800. The van der Waals surface area contributed by atoms with E-state index in [1.165, 1.54) is 0 Å². The number of thiocarbonyl (C=S) groups is 1. The number of thioether (sulfide) groups is 1. The second kappa shape index (κ2) is 6.33. The first kappa shape index (κ1) is 14.7. The lowest BCUT2D eigenvalue weighted by atomic mass is 9.92. The van der Waals surface area contributed by atoms with Crippen molar-refractivity contribution >= 4 is 34.9 Å². The van der Waals surface area contributed by atoms with Gasteiger partial charge in [0.2, 0.25) is 5.91 Å². The molecule has 0 rings (SSSR count). The molecule has 0 aliphatic heterocycles. The predicted molar refractivity (Wildman–Crippen MR) is 71.2 cm³/mol. The topological polar surface area (TPSA) is 55.1 Å². The third kappa shape index (κ3) is 4.84. The van der Waals surface area contributed by atoms with Gasteiger partial charge in [0.25, 0.3) is 0 Å². The van der Waals surface area contributed by atoms with Gasteiger partial charge in [0.05, 0.1) is 10.4 Å². The molecule has 0 heterocycles. The van der Waals surface area contributed by atoms with Crippen LogP contribution >= 0.6 is 24.0 Å². The molecule has 0 aliphatic rings. The van der Waals surface area contributed by atoms with Gasteiger partial charge in [-0.3, -0.25) is 4.79 Å². The molecule has 5 heteroatoms. The highest BCUT2D eigenvalue weighted by molar-refractivity contribution is 7.99. The van der Waals surface area contributed by atoms with Crippen LogP contribution in [0.5, 0.6) is 0 Å². The molecule has 1 amide bonds. The average molecular weight is 248 g/mol. The molecule has 0 bridgehead atoms. The summed E-state index contributed by atoms with van der Waals surface area (Å²) in [7, 11) is 0. The van der Waals surface area contributed by atoms with Crippen molar-refractivity contribution in [3.8, 4) is 0 Å². The van der Waals surface area contributed by atoms with E-state index in [0.717, 1.165) is 11.5 Å². The highest BCUT2D eigenvalue weighted by atomic mass is 32.2. The van der Waals surface area contributed by atoms with E-state index < -0.39 is 5.41 Å². The van der Waals surface area contributed by atoms with Crippen LogP contribution in [0.1, 0.15) is 27.7 Å². The van der Waals surface area contributed by atoms with Crippen LogP contribution in [0.25, 0.3) is 0 Å². The molecule has 15 heavy (non-hydrogen) atoms. The maximum atomic E-state index is 11.8. The van der Waals surface area contributed by atoms with Gasteiger partial charge in [0, 0.05) is 11.8 Å². The minimum absolute atomic E-state index is 0.0980. The summed E-state index contributed by atoms with van der Waals surface area (Å²) < 4.78 is 0. The standard InChI is InChI=1S/C10H20N2OS2/c1-5-15-6-7(2)12-9(13)10(3,4)8(11)14/h7H,5-6H2,1-4H3,(H2,11,14)(H,12,13). The van der Waals surface area contributed by atoms with Gasteiger partial charge in [-0.15, -0.1) is 0 Å². The smallest absolute Gasteiger partial charge is 0.232 e. The molecule has 0 aromatic rings. The maximum Gasteiger partial charge on any atom is 0.232 e. The van der Waals surface area contributed by atoms with Crippen LogP contribution < -0.4 is 11.1 Å². The number of nitrogens with two attached hydrogens (primary N) is 1. The highest BCUT2D eigenvalue weighted by Crippen LogP contribution is 2.16. The van der Waals surface area contributed by atoms with E-state index in [4.69, 9.17) is 18.0 Å². The van der Waals surface area contributed by atoms with Crippen LogP contribution in [0.4, 0.5) is 0 Å². The van der Waals surface area contributed by atoms with E-state index in [1.807, 2.05) is 6.92 Å². The monoisotopic (exact) mass is 248 g/mol. The first-order valence-corrected chi connectivity index (χ1v) is 6.57. The van der Waals surface area contributed by atoms with E-state index in [1.54, 1.807) is 25.6 Å². The summed E-state index contributed by atoms with van der Waals surface area (Å²) in [6.07, 6.45) is 0. The quantitative estimate of drug-likeness (QED) is 0.700. The van der Waals surface area contributed by atoms with Gasteiger partial charge < -0.3 is 11.1 Å². The number of rotatable bonds is 6. The SMILES string of the molecule is CCSCC(C)NC(=O)C(C)(C)C(N)=S. The first-order valence-electron chi connectivity index (χ1n) is 5.01. The lowest BCUT2D eigenvalue weighted by molar-refractivity contribution is -0.126. The predicted octanol–water partition coefficient (Wildman–Crippen LogP) is 1.56. The zero-order valence-electron chi connectivity index (χ0n) is 9.79. The molecule has 0 fully saturated rings. The summed E-state index contributed by atoms with van der Waals surface area (Å²) in [5.74, 6) is 1.87. The van der Waals surface area contributed by atoms with Gasteiger partial charge in [-0.1, -0.05) is 19.1 Å². The third-order valence-corrected chi connectivity index (χ3v) is 3.79. The Kier molecular flexibility index (Phi) is 6.20. The van der Waals surface area contributed by atoms with Crippen molar-refractivity contribution in [1.82, 2.24) is 5.32 Å². The molecular formula is C10H20N2OS2. The zero-order chi connectivity index (χ0) is 12.1. The van der Waals surface area contributed by atoms with Crippen molar-refractivity contribution < 1.29 is 4.79 Å². The molecule has 0 saturated carbocycles. The molecule has 0 saturated heterocycles. The average Bonchev–Trinajstić information content (AvgIpc) is 2.14. The molecule has 88 valence electrons. The summed E-state index contributed by atoms with van der Waals surface area (Å²) in [4.78, 5) is 12.0. The molecule has 3 N–H and O–H groups in total. The Morgan fingerprint density at radius 1 is 1.60 bits per heavy atom. The van der Waals surface area contributed by atoms with E-state index in [-0.39, 0.29) is 16.9 Å². The van der Waals surface area contributed by atoms with Crippen LogP contribution in [0, 0.1) is 5.41 Å². The first-order chi connectivity index (χ1) is 6.82. The number of nitrogens with one attached hydrogen (secondary N) is 1. The van der Waals surface area contributed by atoms with Gasteiger partial charge in [-0.05, 0) is 26.5 Å². The van der Waals surface area contributed by atoms with Crippen molar-refractivity contribution in [3.63, 3.8) is 0 Å². The summed E-state index contributed by atoms with van der Waals surface area (Å²) in [6, 6.07) is 0.149. The van der Waals surface area contributed by atoms with Crippen molar-refractivity contribution in [3.05, 3.63) is 0 Å². The van der Waals surface area contributed by atoms with Crippen LogP contribution in [-0.4, -0.2) is 28.4 Å². The van der Waals surface area contributed by atoms with E-state index in [0.29, 0.717) is 0 Å². The molecule has 0 aromatic carbocycles. The molecule has 1 unspecified atom stereocenters. The largest absolute Gasteiger partial charge is 0.392 e. The van der Waals surface area contributed by atoms with Crippen LogP contribution in [0.2, 0.25) is 0 Å². The van der Waals surface area contributed by atoms with Crippen molar-refractivity contribution in [2.24, 2.45) is 11.1 Å². The highest BCUT2D eigenvalue weighted by Gasteiger charge is 2.31. The molecular weight excluding hydrogens is 228 g/mol. The van der Waals surface area contributed by atoms with Crippen molar-refractivity contribution in [1.29, 1.82) is 0 Å². The fourth-order valence-corrected chi connectivity index (χ4v) is 1.62. The van der Waals surface area contributed by atoms with E-state index in [2.05, 4.69) is 12.2 Å². The Labute approximate surface area is 102 Å². The second-order valence-electron chi connectivity index (χ2n) is 4.02. The van der Waals surface area contributed by atoms with Crippen molar-refractivity contribution in [2.45, 2.75) is 33.7 Å². The molecule has 0 aromatic heterocycles. The molecule has 3 nitrogen and oxygen atoms in total.